The maximum atomic E-state index is 5.49. The van der Waals surface area contributed by atoms with Crippen molar-refractivity contribution in [3.8, 4) is 18.1 Å². The molecule has 1 aromatic heterocycles. The molecule has 0 aliphatic rings. The maximum absolute atomic E-state index is 5.49. The molecule has 2 aromatic rings. The number of ether oxygens (including phenoxy) is 1. The van der Waals surface area contributed by atoms with Gasteiger partial charge in [0.2, 0.25) is 0 Å². The van der Waals surface area contributed by atoms with Crippen molar-refractivity contribution in [3.63, 3.8) is 0 Å². The van der Waals surface area contributed by atoms with E-state index in [0.29, 0.717) is 6.54 Å². The number of benzene rings is 1. The molecule has 5 heteroatoms. The van der Waals surface area contributed by atoms with E-state index < -0.39 is 0 Å². The molecule has 0 spiro atoms. The highest BCUT2D eigenvalue weighted by Gasteiger charge is 2.04. The molecule has 18 heavy (non-hydrogen) atoms. The van der Waals surface area contributed by atoms with Gasteiger partial charge in [0.05, 0.1) is 11.9 Å². The van der Waals surface area contributed by atoms with Gasteiger partial charge >= 0.3 is 0 Å². The Kier molecular flexibility index (Phi) is 4.26. The van der Waals surface area contributed by atoms with E-state index >= 15 is 0 Å². The van der Waals surface area contributed by atoms with Gasteiger partial charge in [-0.2, -0.15) is 5.10 Å². The number of nitrogens with zero attached hydrogens (tertiary/aromatic N) is 1. The molecule has 0 radical (unpaired) electrons. The van der Waals surface area contributed by atoms with Crippen molar-refractivity contribution in [2.45, 2.75) is 6.54 Å². The zero-order chi connectivity index (χ0) is 12.8. The van der Waals surface area contributed by atoms with E-state index in [9.17, 15) is 0 Å². The molecule has 0 unspecified atom stereocenters. The number of rotatable bonds is 5. The van der Waals surface area contributed by atoms with Gasteiger partial charge in [-0.3, -0.25) is 5.10 Å². The number of hydrogen-bond donors (Lipinski definition) is 2. The Morgan fingerprint density at radius 2 is 2.39 bits per heavy atom. The van der Waals surface area contributed by atoms with Crippen LogP contribution in [-0.2, 0) is 6.54 Å². The van der Waals surface area contributed by atoms with E-state index in [1.165, 1.54) is 0 Å². The third-order valence-corrected chi connectivity index (χ3v) is 2.81. The lowest BCUT2D eigenvalue weighted by molar-refractivity contribution is 0.366. The van der Waals surface area contributed by atoms with E-state index in [4.69, 9.17) is 11.2 Å². The first-order valence-electron chi connectivity index (χ1n) is 5.37. The third kappa shape index (κ3) is 3.28. The number of hydrogen-bond acceptors (Lipinski definition) is 3. The quantitative estimate of drug-likeness (QED) is 0.835. The van der Waals surface area contributed by atoms with Crippen LogP contribution in [0.4, 0.5) is 5.69 Å². The van der Waals surface area contributed by atoms with Crippen molar-refractivity contribution in [1.82, 2.24) is 10.2 Å². The largest absolute Gasteiger partial charge is 0.481 e. The van der Waals surface area contributed by atoms with Crippen LogP contribution in [0.1, 0.15) is 5.56 Å². The normalized spacial score (nSPS) is 9.78. The van der Waals surface area contributed by atoms with Gasteiger partial charge in [-0.1, -0.05) is 21.9 Å². The molecule has 92 valence electrons. The number of aromatic nitrogens is 2. The molecular formula is C13H12BrN3O. The Morgan fingerprint density at radius 3 is 3.11 bits per heavy atom. The van der Waals surface area contributed by atoms with Crippen LogP contribution in [0.3, 0.4) is 0 Å². The van der Waals surface area contributed by atoms with Crippen LogP contribution in [0.5, 0.6) is 5.75 Å². The van der Waals surface area contributed by atoms with Gasteiger partial charge in [-0.05, 0) is 18.2 Å². The van der Waals surface area contributed by atoms with Gasteiger partial charge < -0.3 is 10.1 Å². The molecule has 0 aliphatic carbocycles. The predicted molar refractivity (Wildman–Crippen MR) is 74.4 cm³/mol. The zero-order valence-electron chi connectivity index (χ0n) is 9.61. The highest BCUT2D eigenvalue weighted by molar-refractivity contribution is 9.10. The van der Waals surface area contributed by atoms with E-state index in [0.717, 1.165) is 21.5 Å². The molecular weight excluding hydrogens is 294 g/mol. The van der Waals surface area contributed by atoms with Gasteiger partial charge in [0.15, 0.2) is 0 Å². The van der Waals surface area contributed by atoms with Crippen LogP contribution in [0.15, 0.2) is 35.1 Å². The Balaban J connectivity index is 2.09. The summed E-state index contributed by atoms with van der Waals surface area (Å²) in [5.41, 5.74) is 1.96. The molecule has 0 saturated heterocycles. The summed E-state index contributed by atoms with van der Waals surface area (Å²) in [5, 5.41) is 9.85. The average molecular weight is 306 g/mol. The smallest absolute Gasteiger partial charge is 0.148 e. The monoisotopic (exact) mass is 305 g/mol. The second-order valence-corrected chi connectivity index (χ2v) is 4.50. The number of nitrogens with one attached hydrogen (secondary N) is 2. The summed E-state index contributed by atoms with van der Waals surface area (Å²) < 4.78 is 6.49. The van der Waals surface area contributed by atoms with Gasteiger partial charge in [0.25, 0.3) is 0 Å². The number of H-pyrrole nitrogens is 1. The maximum Gasteiger partial charge on any atom is 0.148 e. The minimum Gasteiger partial charge on any atom is -0.481 e. The van der Waals surface area contributed by atoms with E-state index in [1.54, 1.807) is 12.4 Å². The molecule has 0 bridgehead atoms. The fourth-order valence-electron chi connectivity index (χ4n) is 1.49. The molecule has 0 saturated carbocycles. The summed E-state index contributed by atoms with van der Waals surface area (Å²) in [6.45, 7) is 0.902. The molecule has 0 fully saturated rings. The zero-order valence-corrected chi connectivity index (χ0v) is 11.2. The number of terminal acetylenes is 1. The topological polar surface area (TPSA) is 49.9 Å². The third-order valence-electron chi connectivity index (χ3n) is 2.31. The van der Waals surface area contributed by atoms with E-state index in [2.05, 4.69) is 37.4 Å². The molecule has 1 aromatic carbocycles. The summed E-state index contributed by atoms with van der Waals surface area (Å²) in [5.74, 6) is 3.24. The fraction of sp³-hybridized carbons (Fsp3) is 0.154. The average Bonchev–Trinajstić information content (AvgIpc) is 2.88. The first-order valence-corrected chi connectivity index (χ1v) is 6.16. The Bertz CT molecular complexity index is 546. The molecule has 0 aliphatic heterocycles. The summed E-state index contributed by atoms with van der Waals surface area (Å²) in [4.78, 5) is 0. The Labute approximate surface area is 114 Å². The summed E-state index contributed by atoms with van der Waals surface area (Å²) in [7, 11) is 0. The van der Waals surface area contributed by atoms with Crippen molar-refractivity contribution in [2.75, 3.05) is 11.9 Å². The predicted octanol–water partition coefficient (Wildman–Crippen LogP) is 2.80. The number of halogens is 1. The van der Waals surface area contributed by atoms with Crippen LogP contribution in [0.25, 0.3) is 0 Å². The van der Waals surface area contributed by atoms with Crippen LogP contribution >= 0.6 is 15.9 Å². The molecule has 2 N–H and O–H groups in total. The Morgan fingerprint density at radius 1 is 1.50 bits per heavy atom. The summed E-state index contributed by atoms with van der Waals surface area (Å²) in [6.07, 6.45) is 8.71. The van der Waals surface area contributed by atoms with Crippen molar-refractivity contribution >= 4 is 21.6 Å². The number of anilines is 1. The lowest BCUT2D eigenvalue weighted by atomic mass is 10.2. The van der Waals surface area contributed by atoms with Crippen LogP contribution < -0.4 is 10.1 Å². The van der Waals surface area contributed by atoms with Gasteiger partial charge in [0, 0.05) is 22.8 Å². The van der Waals surface area contributed by atoms with Crippen molar-refractivity contribution in [3.05, 3.63) is 40.6 Å². The first kappa shape index (κ1) is 12.5. The minimum absolute atomic E-state index is 0.264. The van der Waals surface area contributed by atoms with Gasteiger partial charge in [-0.15, -0.1) is 6.42 Å². The van der Waals surface area contributed by atoms with Crippen molar-refractivity contribution < 1.29 is 4.74 Å². The molecule has 1 heterocycles. The van der Waals surface area contributed by atoms with Crippen molar-refractivity contribution in [1.29, 1.82) is 0 Å². The molecule has 4 nitrogen and oxygen atoms in total. The fourth-order valence-corrected chi connectivity index (χ4v) is 1.90. The number of aromatic amines is 1. The first-order chi connectivity index (χ1) is 8.79. The van der Waals surface area contributed by atoms with E-state index in [1.807, 2.05) is 18.2 Å². The lowest BCUT2D eigenvalue weighted by Crippen LogP contribution is -2.03. The van der Waals surface area contributed by atoms with Crippen molar-refractivity contribution in [2.24, 2.45) is 0 Å². The van der Waals surface area contributed by atoms with Crippen LogP contribution in [0.2, 0.25) is 0 Å². The van der Waals surface area contributed by atoms with Crippen LogP contribution in [-0.4, -0.2) is 16.8 Å². The van der Waals surface area contributed by atoms with Gasteiger partial charge in [0.1, 0.15) is 12.4 Å². The Hall–Kier alpha value is -1.93. The molecule has 0 amide bonds. The highest BCUT2D eigenvalue weighted by Crippen LogP contribution is 2.24. The second kappa shape index (κ2) is 6.12. The standard InChI is InChI=1S/C13H12BrN3O/c1-2-5-18-13-4-3-11(14)6-10(13)7-15-12-8-16-17-9-12/h1,3-4,6,8-9,15H,5,7H2,(H,16,17). The molecule has 2 rings (SSSR count). The highest BCUT2D eigenvalue weighted by atomic mass is 79.9. The van der Waals surface area contributed by atoms with E-state index in [-0.39, 0.29) is 6.61 Å². The lowest BCUT2D eigenvalue weighted by Gasteiger charge is -2.11. The van der Waals surface area contributed by atoms with Gasteiger partial charge in [-0.25, -0.2) is 0 Å². The molecule has 0 atom stereocenters. The summed E-state index contributed by atoms with van der Waals surface area (Å²) >= 11 is 3.44. The van der Waals surface area contributed by atoms with Crippen LogP contribution in [0, 0.1) is 12.3 Å². The minimum atomic E-state index is 0.264. The SMILES string of the molecule is C#CCOc1ccc(Br)cc1CNc1cn[nH]c1. The second-order valence-electron chi connectivity index (χ2n) is 3.59. The summed E-state index contributed by atoms with van der Waals surface area (Å²) in [6, 6.07) is 5.82.